The van der Waals surface area contributed by atoms with Gasteiger partial charge in [-0.15, -0.1) is 0 Å². The zero-order chi connectivity index (χ0) is 13.9. The summed E-state index contributed by atoms with van der Waals surface area (Å²) in [6.07, 6.45) is 1.92. The molecule has 0 amide bonds. The minimum atomic E-state index is -3.03. The van der Waals surface area contributed by atoms with Crippen molar-refractivity contribution < 1.29 is 9.67 Å². The molecule has 0 saturated carbocycles. The summed E-state index contributed by atoms with van der Waals surface area (Å²) in [4.78, 5) is 4.19. The fraction of sp³-hybridized carbons (Fsp3) is 0.267. The molecule has 0 aliphatic heterocycles. The molecule has 2 rings (SSSR count). The van der Waals surface area contributed by atoms with Crippen LogP contribution in [0.1, 0.15) is 19.4 Å². The lowest BCUT2D eigenvalue weighted by Crippen LogP contribution is -2.28. The molecule has 100 valence electrons. The minimum Gasteiger partial charge on any atom is -0.382 e. The van der Waals surface area contributed by atoms with E-state index in [1.54, 1.807) is 38.2 Å². The normalized spacial score (nSPS) is 14.9. The summed E-state index contributed by atoms with van der Waals surface area (Å²) < 4.78 is 13.3. The molecule has 2 aromatic rings. The van der Waals surface area contributed by atoms with Crippen LogP contribution in [0.25, 0.3) is 0 Å². The van der Waals surface area contributed by atoms with E-state index in [1.165, 1.54) is 0 Å². The smallest absolute Gasteiger partial charge is 0.166 e. The standard InChI is InChI=1S/C15H18NO2P/c1-15(2,17)19(18,14-10-6-7-11-16-14)12-13-8-4-3-5-9-13/h3-11,17H,12H2,1-2H3. The predicted molar refractivity (Wildman–Crippen MR) is 77.9 cm³/mol. The van der Waals surface area contributed by atoms with Crippen molar-refractivity contribution >= 4 is 12.6 Å². The van der Waals surface area contributed by atoms with Gasteiger partial charge in [-0.25, -0.2) is 0 Å². The number of aromatic nitrogens is 1. The third kappa shape index (κ3) is 2.94. The summed E-state index contributed by atoms with van der Waals surface area (Å²) in [5.41, 5.74) is 1.42. The first-order chi connectivity index (χ1) is 8.93. The molecular weight excluding hydrogens is 257 g/mol. The van der Waals surface area contributed by atoms with Crippen LogP contribution in [-0.4, -0.2) is 15.4 Å². The van der Waals surface area contributed by atoms with Crippen LogP contribution in [0.4, 0.5) is 0 Å². The second kappa shape index (κ2) is 5.28. The topological polar surface area (TPSA) is 50.2 Å². The van der Waals surface area contributed by atoms with Gasteiger partial charge in [-0.2, -0.15) is 0 Å². The molecule has 1 N–H and O–H groups in total. The van der Waals surface area contributed by atoms with Crippen LogP contribution >= 0.6 is 7.14 Å². The summed E-state index contributed by atoms with van der Waals surface area (Å²) in [6.45, 7) is 3.18. The molecule has 0 fully saturated rings. The van der Waals surface area contributed by atoms with Crippen LogP contribution in [0.2, 0.25) is 0 Å². The Labute approximate surface area is 113 Å². The lowest BCUT2D eigenvalue weighted by Gasteiger charge is -2.29. The van der Waals surface area contributed by atoms with E-state index in [1.807, 2.05) is 30.3 Å². The molecule has 0 radical (unpaired) electrons. The van der Waals surface area contributed by atoms with Crippen LogP contribution in [0, 0.1) is 0 Å². The number of aliphatic hydroxyl groups is 1. The van der Waals surface area contributed by atoms with Gasteiger partial charge in [0.15, 0.2) is 7.14 Å². The van der Waals surface area contributed by atoms with Gasteiger partial charge in [0.2, 0.25) is 0 Å². The van der Waals surface area contributed by atoms with Gasteiger partial charge in [-0.3, -0.25) is 4.98 Å². The largest absolute Gasteiger partial charge is 0.382 e. The minimum absolute atomic E-state index is 0.314. The lowest BCUT2D eigenvalue weighted by molar-refractivity contribution is 0.164. The van der Waals surface area contributed by atoms with Crippen molar-refractivity contribution in [1.29, 1.82) is 0 Å². The van der Waals surface area contributed by atoms with Gasteiger partial charge in [0.1, 0.15) is 10.8 Å². The Morgan fingerprint density at radius 1 is 1.11 bits per heavy atom. The van der Waals surface area contributed by atoms with Crippen molar-refractivity contribution in [2.24, 2.45) is 0 Å². The first-order valence-corrected chi connectivity index (χ1v) is 8.10. The monoisotopic (exact) mass is 275 g/mol. The second-order valence-electron chi connectivity index (χ2n) is 5.07. The summed E-state index contributed by atoms with van der Waals surface area (Å²) in [5, 5.41) is 9.05. The van der Waals surface area contributed by atoms with Crippen LogP contribution in [0.3, 0.4) is 0 Å². The van der Waals surface area contributed by atoms with E-state index in [0.29, 0.717) is 11.6 Å². The lowest BCUT2D eigenvalue weighted by atomic mass is 10.2. The van der Waals surface area contributed by atoms with Crippen LogP contribution in [0.5, 0.6) is 0 Å². The summed E-state index contributed by atoms with van der Waals surface area (Å²) >= 11 is 0. The number of hydrogen-bond acceptors (Lipinski definition) is 3. The highest BCUT2D eigenvalue weighted by molar-refractivity contribution is 7.71. The van der Waals surface area contributed by atoms with Gasteiger partial charge in [0.05, 0.1) is 0 Å². The van der Waals surface area contributed by atoms with Crippen LogP contribution < -0.4 is 5.44 Å². The van der Waals surface area contributed by atoms with Gasteiger partial charge in [-0.1, -0.05) is 36.4 Å². The predicted octanol–water partition coefficient (Wildman–Crippen LogP) is 3.00. The van der Waals surface area contributed by atoms with E-state index in [2.05, 4.69) is 4.98 Å². The summed E-state index contributed by atoms with van der Waals surface area (Å²) in [5.74, 6) is 0. The van der Waals surface area contributed by atoms with Crippen molar-refractivity contribution in [2.45, 2.75) is 25.4 Å². The van der Waals surface area contributed by atoms with Gasteiger partial charge < -0.3 is 9.67 Å². The Hall–Kier alpha value is -1.44. The Balaban J connectivity index is 2.46. The summed E-state index contributed by atoms with van der Waals surface area (Å²) in [7, 11) is -3.03. The molecule has 0 spiro atoms. The fourth-order valence-electron chi connectivity index (χ4n) is 1.96. The van der Waals surface area contributed by atoms with Crippen LogP contribution in [0.15, 0.2) is 54.7 Å². The Morgan fingerprint density at radius 3 is 2.26 bits per heavy atom. The molecule has 1 heterocycles. The van der Waals surface area contributed by atoms with Gasteiger partial charge >= 0.3 is 0 Å². The Bertz CT molecular complexity index is 576. The van der Waals surface area contributed by atoms with E-state index >= 15 is 0 Å². The molecule has 0 bridgehead atoms. The zero-order valence-corrected chi connectivity index (χ0v) is 12.0. The van der Waals surface area contributed by atoms with Crippen molar-refractivity contribution in [1.82, 2.24) is 4.98 Å². The molecule has 19 heavy (non-hydrogen) atoms. The Kier molecular flexibility index (Phi) is 3.88. The quantitative estimate of drug-likeness (QED) is 0.873. The number of hydrogen-bond donors (Lipinski definition) is 1. The number of rotatable bonds is 4. The number of benzene rings is 1. The van der Waals surface area contributed by atoms with Crippen molar-refractivity contribution in [3.63, 3.8) is 0 Å². The van der Waals surface area contributed by atoms with E-state index in [-0.39, 0.29) is 0 Å². The average Bonchev–Trinajstić information content (AvgIpc) is 2.39. The van der Waals surface area contributed by atoms with Gasteiger partial charge in [-0.05, 0) is 31.5 Å². The third-order valence-corrected chi connectivity index (χ3v) is 6.73. The molecule has 0 aliphatic carbocycles. The Morgan fingerprint density at radius 2 is 1.74 bits per heavy atom. The second-order valence-corrected chi connectivity index (χ2v) is 8.41. The molecule has 0 aliphatic rings. The van der Waals surface area contributed by atoms with Gasteiger partial charge in [0.25, 0.3) is 0 Å². The van der Waals surface area contributed by atoms with E-state index < -0.39 is 12.5 Å². The highest BCUT2D eigenvalue weighted by atomic mass is 31.2. The molecular formula is C15H18NO2P. The van der Waals surface area contributed by atoms with Gasteiger partial charge in [0, 0.05) is 12.4 Å². The molecule has 1 aromatic heterocycles. The molecule has 1 atom stereocenters. The highest BCUT2D eigenvalue weighted by Crippen LogP contribution is 2.57. The van der Waals surface area contributed by atoms with Crippen molar-refractivity contribution in [3.05, 3.63) is 60.3 Å². The van der Waals surface area contributed by atoms with Crippen molar-refractivity contribution in [3.8, 4) is 0 Å². The molecule has 3 nitrogen and oxygen atoms in total. The van der Waals surface area contributed by atoms with Crippen molar-refractivity contribution in [2.75, 3.05) is 0 Å². The maximum atomic E-state index is 13.3. The first-order valence-electron chi connectivity index (χ1n) is 6.20. The molecule has 4 heteroatoms. The fourth-order valence-corrected chi connectivity index (χ4v) is 4.38. The number of pyridine rings is 1. The average molecular weight is 275 g/mol. The first kappa shape index (κ1) is 14.0. The molecule has 1 aromatic carbocycles. The maximum Gasteiger partial charge on any atom is 0.166 e. The van der Waals surface area contributed by atoms with E-state index in [4.69, 9.17) is 0 Å². The zero-order valence-electron chi connectivity index (χ0n) is 11.2. The summed E-state index contributed by atoms with van der Waals surface area (Å²) in [6, 6.07) is 14.9. The highest BCUT2D eigenvalue weighted by Gasteiger charge is 2.41. The number of nitrogens with zero attached hydrogens (tertiary/aromatic N) is 1. The van der Waals surface area contributed by atoms with E-state index in [9.17, 15) is 9.67 Å². The SMILES string of the molecule is CC(C)(O)P(=O)(Cc1ccccc1)c1ccccn1. The maximum absolute atomic E-state index is 13.3. The van der Waals surface area contributed by atoms with E-state index in [0.717, 1.165) is 5.56 Å². The third-order valence-electron chi connectivity index (χ3n) is 3.15. The van der Waals surface area contributed by atoms with Crippen LogP contribution in [-0.2, 0) is 10.7 Å². The molecule has 0 saturated heterocycles. The molecule has 1 unspecified atom stereocenters.